The van der Waals surface area contributed by atoms with E-state index >= 15 is 0 Å². The molecule has 0 spiro atoms. The highest BCUT2D eigenvalue weighted by Gasteiger charge is 2.58. The largest absolute Gasteiger partial charge is 0.355 e. The first kappa shape index (κ1) is 19.9. The van der Waals surface area contributed by atoms with E-state index in [2.05, 4.69) is 46.5 Å². The van der Waals surface area contributed by atoms with Gasteiger partial charge in [0.15, 0.2) is 5.96 Å². The van der Waals surface area contributed by atoms with Gasteiger partial charge in [-0.15, -0.1) is 0 Å². The third-order valence-electron chi connectivity index (χ3n) is 6.12. The van der Waals surface area contributed by atoms with Crippen LogP contribution in [0.1, 0.15) is 26.7 Å². The van der Waals surface area contributed by atoms with E-state index in [-0.39, 0.29) is 35.5 Å². The Labute approximate surface area is 162 Å². The second-order valence-electron chi connectivity index (χ2n) is 7.69. The SMILES string of the molecule is CCCN(CC)CCNC(=NC)NCCN1C(=O)C2C3C=CC(C3)C2C1=O. The van der Waals surface area contributed by atoms with Gasteiger partial charge >= 0.3 is 0 Å². The van der Waals surface area contributed by atoms with E-state index < -0.39 is 0 Å². The second kappa shape index (κ2) is 8.87. The number of imide groups is 1. The Morgan fingerprint density at radius 1 is 1.11 bits per heavy atom. The summed E-state index contributed by atoms with van der Waals surface area (Å²) in [6.45, 7) is 9.20. The third-order valence-corrected chi connectivity index (χ3v) is 6.12. The lowest BCUT2D eigenvalue weighted by atomic mass is 9.85. The molecule has 2 fully saturated rings. The molecule has 7 nitrogen and oxygen atoms in total. The molecule has 1 saturated carbocycles. The number of hydrogen-bond donors (Lipinski definition) is 2. The molecule has 0 aromatic carbocycles. The van der Waals surface area contributed by atoms with Crippen molar-refractivity contribution in [3.63, 3.8) is 0 Å². The number of nitrogens with zero attached hydrogens (tertiary/aromatic N) is 3. The Kier molecular flexibility index (Phi) is 6.52. The Balaban J connectivity index is 1.41. The first-order valence-electron chi connectivity index (χ1n) is 10.3. The fourth-order valence-electron chi connectivity index (χ4n) is 4.77. The molecule has 1 saturated heterocycles. The number of rotatable bonds is 9. The fraction of sp³-hybridized carbons (Fsp3) is 0.750. The number of guanidine groups is 1. The van der Waals surface area contributed by atoms with Crippen molar-refractivity contribution in [2.45, 2.75) is 26.7 Å². The second-order valence-corrected chi connectivity index (χ2v) is 7.69. The van der Waals surface area contributed by atoms with Gasteiger partial charge in [-0.05, 0) is 37.8 Å². The maximum absolute atomic E-state index is 12.7. The summed E-state index contributed by atoms with van der Waals surface area (Å²) in [4.78, 5) is 33.4. The quantitative estimate of drug-likeness (QED) is 0.268. The number of aliphatic imine (C=N–C) groups is 1. The predicted octanol–water partition coefficient (Wildman–Crippen LogP) is 0.690. The minimum absolute atomic E-state index is 0.0183. The lowest BCUT2D eigenvalue weighted by molar-refractivity contribution is -0.140. The highest BCUT2D eigenvalue weighted by molar-refractivity contribution is 6.06. The third kappa shape index (κ3) is 4.03. The zero-order valence-corrected chi connectivity index (χ0v) is 16.8. The molecule has 0 aromatic rings. The topological polar surface area (TPSA) is 77.0 Å². The molecule has 2 amide bonds. The molecule has 150 valence electrons. The van der Waals surface area contributed by atoms with Gasteiger partial charge in [0.1, 0.15) is 0 Å². The molecule has 0 aromatic heterocycles. The average Bonchev–Trinajstić information content (AvgIpc) is 3.35. The molecular weight excluding hydrogens is 342 g/mol. The number of fused-ring (bicyclic) bond motifs is 5. The Hall–Kier alpha value is -1.89. The van der Waals surface area contributed by atoms with E-state index in [1.807, 2.05) is 0 Å². The van der Waals surface area contributed by atoms with Crippen LogP contribution in [0.15, 0.2) is 17.1 Å². The molecule has 27 heavy (non-hydrogen) atoms. The lowest BCUT2D eigenvalue weighted by Crippen LogP contribution is -2.45. The van der Waals surface area contributed by atoms with Crippen LogP contribution < -0.4 is 10.6 Å². The van der Waals surface area contributed by atoms with Gasteiger partial charge in [-0.25, -0.2) is 0 Å². The van der Waals surface area contributed by atoms with Crippen LogP contribution in [0.2, 0.25) is 0 Å². The van der Waals surface area contributed by atoms with Gasteiger partial charge in [-0.3, -0.25) is 19.5 Å². The molecule has 4 atom stereocenters. The van der Waals surface area contributed by atoms with Crippen LogP contribution >= 0.6 is 0 Å². The molecule has 0 radical (unpaired) electrons. The van der Waals surface area contributed by atoms with E-state index in [0.29, 0.717) is 19.0 Å². The maximum atomic E-state index is 12.7. The average molecular weight is 376 g/mol. The number of nitrogens with one attached hydrogen (secondary N) is 2. The summed E-state index contributed by atoms with van der Waals surface area (Å²) in [5.41, 5.74) is 0. The van der Waals surface area contributed by atoms with Crippen LogP contribution in [-0.4, -0.2) is 73.9 Å². The number of amides is 2. The molecule has 1 aliphatic heterocycles. The standard InChI is InChI=1S/C20H33N5O2/c1-4-10-24(5-2)11-8-22-20(21-3)23-9-12-25-18(26)16-14-6-7-15(13-14)17(16)19(25)27/h6-7,14-17H,4-5,8-13H2,1-3H3,(H2,21,22,23). The summed E-state index contributed by atoms with van der Waals surface area (Å²) in [5, 5.41) is 6.53. The Morgan fingerprint density at radius 2 is 1.74 bits per heavy atom. The Morgan fingerprint density at radius 3 is 2.30 bits per heavy atom. The number of likely N-dealkylation sites (tertiary alicyclic amines) is 1. The van der Waals surface area contributed by atoms with Crippen LogP contribution in [0.25, 0.3) is 0 Å². The van der Waals surface area contributed by atoms with E-state index in [1.165, 1.54) is 4.90 Å². The van der Waals surface area contributed by atoms with Gasteiger partial charge in [-0.1, -0.05) is 26.0 Å². The van der Waals surface area contributed by atoms with Gasteiger partial charge < -0.3 is 15.5 Å². The van der Waals surface area contributed by atoms with E-state index in [1.54, 1.807) is 7.05 Å². The van der Waals surface area contributed by atoms with Crippen molar-refractivity contribution in [3.8, 4) is 0 Å². The van der Waals surface area contributed by atoms with E-state index in [4.69, 9.17) is 0 Å². The molecule has 2 N–H and O–H groups in total. The number of allylic oxidation sites excluding steroid dienone is 2. The molecule has 3 aliphatic rings. The Bertz CT molecular complexity index is 587. The molecule has 7 heteroatoms. The smallest absolute Gasteiger partial charge is 0.233 e. The number of likely N-dealkylation sites (N-methyl/N-ethyl adjacent to an activating group) is 1. The molecule has 4 unspecified atom stereocenters. The van der Waals surface area contributed by atoms with Crippen molar-refractivity contribution in [2.75, 3.05) is 46.3 Å². The number of carbonyl (C=O) groups excluding carboxylic acids is 2. The lowest BCUT2D eigenvalue weighted by Gasteiger charge is -2.21. The van der Waals surface area contributed by atoms with E-state index in [9.17, 15) is 9.59 Å². The number of hydrogen-bond acceptors (Lipinski definition) is 4. The van der Waals surface area contributed by atoms with Crippen molar-refractivity contribution < 1.29 is 9.59 Å². The van der Waals surface area contributed by atoms with Gasteiger partial charge in [0.25, 0.3) is 0 Å². The maximum Gasteiger partial charge on any atom is 0.233 e. The minimum atomic E-state index is -0.108. The predicted molar refractivity (Wildman–Crippen MR) is 106 cm³/mol. The van der Waals surface area contributed by atoms with Crippen molar-refractivity contribution in [2.24, 2.45) is 28.7 Å². The summed E-state index contributed by atoms with van der Waals surface area (Å²) in [5.74, 6) is 1.08. The van der Waals surface area contributed by atoms with Crippen molar-refractivity contribution in [1.82, 2.24) is 20.4 Å². The van der Waals surface area contributed by atoms with Crippen LogP contribution in [0.4, 0.5) is 0 Å². The first-order chi connectivity index (χ1) is 13.1. The minimum Gasteiger partial charge on any atom is -0.355 e. The van der Waals surface area contributed by atoms with Crippen molar-refractivity contribution in [1.29, 1.82) is 0 Å². The highest BCUT2D eigenvalue weighted by Crippen LogP contribution is 2.52. The molecule has 2 bridgehead atoms. The number of carbonyl (C=O) groups is 2. The summed E-state index contributed by atoms with van der Waals surface area (Å²) in [6, 6.07) is 0. The van der Waals surface area contributed by atoms with E-state index in [0.717, 1.165) is 39.0 Å². The molecule has 2 aliphatic carbocycles. The zero-order chi connectivity index (χ0) is 19.4. The molecule has 3 rings (SSSR count). The molecular formula is C20H33N5O2. The van der Waals surface area contributed by atoms with Crippen LogP contribution in [0.5, 0.6) is 0 Å². The van der Waals surface area contributed by atoms with Crippen molar-refractivity contribution >= 4 is 17.8 Å². The monoisotopic (exact) mass is 375 g/mol. The summed E-state index contributed by atoms with van der Waals surface area (Å²) >= 11 is 0. The summed E-state index contributed by atoms with van der Waals surface area (Å²) in [6.07, 6.45) is 6.38. The summed E-state index contributed by atoms with van der Waals surface area (Å²) < 4.78 is 0. The zero-order valence-electron chi connectivity index (χ0n) is 16.8. The van der Waals surface area contributed by atoms with Crippen LogP contribution in [0, 0.1) is 23.7 Å². The van der Waals surface area contributed by atoms with Gasteiger partial charge in [0.05, 0.1) is 11.8 Å². The van der Waals surface area contributed by atoms with Gasteiger partial charge in [0.2, 0.25) is 11.8 Å². The van der Waals surface area contributed by atoms with Crippen LogP contribution in [0.3, 0.4) is 0 Å². The van der Waals surface area contributed by atoms with Gasteiger partial charge in [0, 0.05) is 33.2 Å². The normalized spacial score (nSPS) is 29.2. The fourth-order valence-corrected chi connectivity index (χ4v) is 4.77. The molecule has 1 heterocycles. The van der Waals surface area contributed by atoms with Gasteiger partial charge in [-0.2, -0.15) is 0 Å². The van der Waals surface area contributed by atoms with Crippen LogP contribution in [-0.2, 0) is 9.59 Å². The highest BCUT2D eigenvalue weighted by atomic mass is 16.2. The summed E-state index contributed by atoms with van der Waals surface area (Å²) in [7, 11) is 1.73. The van der Waals surface area contributed by atoms with Crippen molar-refractivity contribution in [3.05, 3.63) is 12.2 Å². The first-order valence-corrected chi connectivity index (χ1v) is 10.3.